The van der Waals surface area contributed by atoms with Gasteiger partial charge in [0, 0.05) is 23.6 Å². The molecule has 0 bridgehead atoms. The van der Waals surface area contributed by atoms with Crippen LogP contribution in [-0.4, -0.2) is 28.2 Å². The molecule has 0 fully saturated rings. The number of allylic oxidation sites excluding steroid dienone is 1. The molecule has 2 aliphatic carbocycles. The second kappa shape index (κ2) is 9.27. The van der Waals surface area contributed by atoms with Gasteiger partial charge in [-0.1, -0.05) is 11.6 Å². The minimum Gasteiger partial charge on any atom is -0.356 e. The summed E-state index contributed by atoms with van der Waals surface area (Å²) in [4.78, 5) is 34.2. The summed E-state index contributed by atoms with van der Waals surface area (Å²) >= 11 is 3.31. The Labute approximate surface area is 173 Å². The average molecular weight is 418 g/mol. The van der Waals surface area contributed by atoms with E-state index in [0.29, 0.717) is 18.0 Å². The molecule has 4 rings (SSSR count). The van der Waals surface area contributed by atoms with Crippen molar-refractivity contribution in [3.05, 3.63) is 38.3 Å². The number of carbonyl (C=O) groups is 1. The van der Waals surface area contributed by atoms with Crippen LogP contribution in [0.1, 0.15) is 61.2 Å². The van der Waals surface area contributed by atoms with Crippen LogP contribution in [0.25, 0.3) is 10.2 Å². The maximum absolute atomic E-state index is 12.4. The van der Waals surface area contributed by atoms with Gasteiger partial charge in [0.25, 0.3) is 5.56 Å². The second-order valence-electron chi connectivity index (χ2n) is 7.56. The molecule has 2 aromatic rings. The van der Waals surface area contributed by atoms with Crippen molar-refractivity contribution in [2.45, 2.75) is 63.5 Å². The smallest absolute Gasteiger partial charge is 0.259 e. The van der Waals surface area contributed by atoms with Crippen LogP contribution in [0, 0.1) is 0 Å². The third kappa shape index (κ3) is 4.69. The van der Waals surface area contributed by atoms with Crippen molar-refractivity contribution in [3.63, 3.8) is 0 Å². The number of aryl methyl sites for hydroxylation is 2. The Balaban J connectivity index is 1.20. The molecule has 28 heavy (non-hydrogen) atoms. The molecule has 1 amide bonds. The first-order valence-electron chi connectivity index (χ1n) is 10.3. The van der Waals surface area contributed by atoms with Crippen LogP contribution in [0.5, 0.6) is 0 Å². The lowest BCUT2D eigenvalue weighted by Crippen LogP contribution is -2.25. The third-order valence-electron chi connectivity index (χ3n) is 5.49. The lowest BCUT2D eigenvalue weighted by molar-refractivity contribution is -0.120. The molecule has 150 valence electrons. The molecule has 0 spiro atoms. The molecule has 2 aliphatic rings. The zero-order valence-electron chi connectivity index (χ0n) is 16.1. The molecular formula is C21H27N3O2S2. The molecule has 0 saturated carbocycles. The predicted molar refractivity (Wildman–Crippen MR) is 117 cm³/mol. The number of rotatable bonds is 8. The minimum atomic E-state index is -0.00485. The van der Waals surface area contributed by atoms with Gasteiger partial charge < -0.3 is 10.3 Å². The SMILES string of the molecule is O=C(CCSCc1nc2sc3c(c2c(=O)[nH]1)CCC3)NCCC1=CCCCC1. The van der Waals surface area contributed by atoms with Crippen LogP contribution in [0.3, 0.4) is 0 Å². The number of aromatic nitrogens is 2. The van der Waals surface area contributed by atoms with Gasteiger partial charge >= 0.3 is 0 Å². The quantitative estimate of drug-likeness (QED) is 0.501. The topological polar surface area (TPSA) is 74.8 Å². The molecule has 0 aromatic carbocycles. The second-order valence-corrected chi connectivity index (χ2v) is 9.75. The van der Waals surface area contributed by atoms with Gasteiger partial charge in [-0.05, 0) is 56.9 Å². The fraction of sp³-hybridized carbons (Fsp3) is 0.571. The number of hydrogen-bond donors (Lipinski definition) is 2. The van der Waals surface area contributed by atoms with Crippen molar-refractivity contribution in [2.75, 3.05) is 12.3 Å². The minimum absolute atomic E-state index is 0.00485. The molecule has 2 N–H and O–H groups in total. The van der Waals surface area contributed by atoms with E-state index in [1.165, 1.54) is 41.7 Å². The van der Waals surface area contributed by atoms with Gasteiger partial charge in [0.1, 0.15) is 10.7 Å². The van der Waals surface area contributed by atoms with E-state index >= 15 is 0 Å². The summed E-state index contributed by atoms with van der Waals surface area (Å²) in [5, 5.41) is 3.82. The Bertz CT molecular complexity index is 945. The van der Waals surface area contributed by atoms with Gasteiger partial charge in [-0.25, -0.2) is 4.98 Å². The zero-order valence-corrected chi connectivity index (χ0v) is 17.8. The number of nitrogens with one attached hydrogen (secondary N) is 2. The molecule has 0 aliphatic heterocycles. The van der Waals surface area contributed by atoms with E-state index in [2.05, 4.69) is 21.4 Å². The van der Waals surface area contributed by atoms with E-state index in [0.717, 1.165) is 48.2 Å². The van der Waals surface area contributed by atoms with E-state index in [1.807, 2.05) is 0 Å². The first-order chi connectivity index (χ1) is 13.7. The summed E-state index contributed by atoms with van der Waals surface area (Å²) < 4.78 is 0. The van der Waals surface area contributed by atoms with E-state index in [9.17, 15) is 9.59 Å². The van der Waals surface area contributed by atoms with Crippen molar-refractivity contribution in [1.82, 2.24) is 15.3 Å². The number of hydrogen-bond acceptors (Lipinski definition) is 5. The Morgan fingerprint density at radius 1 is 1.25 bits per heavy atom. The Morgan fingerprint density at radius 2 is 2.18 bits per heavy atom. The summed E-state index contributed by atoms with van der Waals surface area (Å²) in [6.07, 6.45) is 12.0. The van der Waals surface area contributed by atoms with E-state index in [1.54, 1.807) is 23.1 Å². The number of nitrogens with zero attached hydrogens (tertiary/aromatic N) is 1. The Morgan fingerprint density at radius 3 is 3.04 bits per heavy atom. The van der Waals surface area contributed by atoms with Crippen LogP contribution in [0.2, 0.25) is 0 Å². The number of thioether (sulfide) groups is 1. The molecule has 0 radical (unpaired) electrons. The monoisotopic (exact) mass is 417 g/mol. The van der Waals surface area contributed by atoms with E-state index < -0.39 is 0 Å². The summed E-state index contributed by atoms with van der Waals surface area (Å²) in [5.41, 5.74) is 2.70. The van der Waals surface area contributed by atoms with Crippen LogP contribution in [0.4, 0.5) is 0 Å². The number of fused-ring (bicyclic) bond motifs is 3. The van der Waals surface area contributed by atoms with Gasteiger partial charge in [-0.3, -0.25) is 9.59 Å². The van der Waals surface area contributed by atoms with Gasteiger partial charge in [0.05, 0.1) is 11.1 Å². The van der Waals surface area contributed by atoms with E-state index in [4.69, 9.17) is 0 Å². The first-order valence-corrected chi connectivity index (χ1v) is 12.2. The van der Waals surface area contributed by atoms with Crippen molar-refractivity contribution in [3.8, 4) is 0 Å². The third-order valence-corrected chi connectivity index (χ3v) is 7.65. The number of thiophene rings is 1. The highest BCUT2D eigenvalue weighted by Gasteiger charge is 2.21. The number of carbonyl (C=O) groups excluding carboxylic acids is 1. The highest BCUT2D eigenvalue weighted by molar-refractivity contribution is 7.98. The van der Waals surface area contributed by atoms with Gasteiger partial charge in [0.15, 0.2) is 0 Å². The molecule has 0 unspecified atom stereocenters. The van der Waals surface area contributed by atoms with Crippen LogP contribution in [0.15, 0.2) is 16.4 Å². The maximum Gasteiger partial charge on any atom is 0.259 e. The average Bonchev–Trinajstić information content (AvgIpc) is 3.27. The Kier molecular flexibility index (Phi) is 6.52. The summed E-state index contributed by atoms with van der Waals surface area (Å²) in [7, 11) is 0. The van der Waals surface area contributed by atoms with Crippen molar-refractivity contribution in [2.24, 2.45) is 0 Å². The molecular weight excluding hydrogens is 390 g/mol. The zero-order chi connectivity index (χ0) is 19.3. The van der Waals surface area contributed by atoms with Gasteiger partial charge in [0.2, 0.25) is 5.91 Å². The molecule has 0 saturated heterocycles. The predicted octanol–water partition coefficient (Wildman–Crippen LogP) is 4.10. The largest absolute Gasteiger partial charge is 0.356 e. The van der Waals surface area contributed by atoms with Crippen LogP contribution >= 0.6 is 23.1 Å². The standard InChI is InChI=1S/C21H27N3O2S2/c25-18(22-11-9-14-5-2-1-3-6-14)10-12-27-13-17-23-20(26)19-15-7-4-8-16(15)28-21(19)24-17/h5H,1-4,6-13H2,(H,22,25)(H,23,24,26). The lowest BCUT2D eigenvalue weighted by atomic mass is 9.97. The Hall–Kier alpha value is -1.60. The number of aromatic amines is 1. The normalized spacial score (nSPS) is 16.2. The number of amides is 1. The fourth-order valence-corrected chi connectivity index (χ4v) is 6.12. The van der Waals surface area contributed by atoms with Gasteiger partial charge in [-0.2, -0.15) is 11.8 Å². The summed E-state index contributed by atoms with van der Waals surface area (Å²) in [5.74, 6) is 2.19. The fourth-order valence-electron chi connectivity index (χ4n) is 4.03. The van der Waals surface area contributed by atoms with Crippen molar-refractivity contribution >= 4 is 39.2 Å². The molecule has 0 atom stereocenters. The maximum atomic E-state index is 12.4. The summed E-state index contributed by atoms with van der Waals surface area (Å²) in [6.45, 7) is 0.740. The molecule has 5 nitrogen and oxygen atoms in total. The van der Waals surface area contributed by atoms with Crippen LogP contribution in [-0.2, 0) is 23.4 Å². The van der Waals surface area contributed by atoms with E-state index in [-0.39, 0.29) is 11.5 Å². The molecule has 7 heteroatoms. The molecule has 2 aromatic heterocycles. The highest BCUT2D eigenvalue weighted by Crippen LogP contribution is 2.34. The first kappa shape index (κ1) is 19.7. The molecule has 2 heterocycles. The highest BCUT2D eigenvalue weighted by atomic mass is 32.2. The number of H-pyrrole nitrogens is 1. The van der Waals surface area contributed by atoms with Gasteiger partial charge in [-0.15, -0.1) is 11.3 Å². The van der Waals surface area contributed by atoms with Crippen molar-refractivity contribution in [1.29, 1.82) is 0 Å². The summed E-state index contributed by atoms with van der Waals surface area (Å²) in [6, 6.07) is 0. The lowest BCUT2D eigenvalue weighted by Gasteiger charge is -2.12. The van der Waals surface area contributed by atoms with Crippen LogP contribution < -0.4 is 10.9 Å². The van der Waals surface area contributed by atoms with Crippen molar-refractivity contribution < 1.29 is 4.79 Å².